The molecular weight excluding hydrogens is 314 g/mol. The van der Waals surface area contributed by atoms with Crippen LogP contribution < -0.4 is 5.32 Å². The van der Waals surface area contributed by atoms with Gasteiger partial charge in [0.05, 0.1) is 6.04 Å². The van der Waals surface area contributed by atoms with Crippen LogP contribution in [0.3, 0.4) is 0 Å². The Kier molecular flexibility index (Phi) is 4.60. The summed E-state index contributed by atoms with van der Waals surface area (Å²) in [6.07, 6.45) is 0. The minimum Gasteiger partial charge on any atom is -0.298 e. The summed E-state index contributed by atoms with van der Waals surface area (Å²) >= 11 is 5.53. The Labute approximate surface area is 138 Å². The van der Waals surface area contributed by atoms with Crippen LogP contribution in [0.4, 0.5) is 0 Å². The third-order valence-electron chi connectivity index (χ3n) is 3.62. The molecular formula is C17H19NS3. The zero-order chi connectivity index (χ0) is 14.8. The maximum atomic E-state index is 3.82. The highest BCUT2D eigenvalue weighted by molar-refractivity contribution is 7.12. The van der Waals surface area contributed by atoms with Crippen LogP contribution in [0.5, 0.6) is 0 Å². The van der Waals surface area contributed by atoms with Gasteiger partial charge >= 0.3 is 0 Å². The van der Waals surface area contributed by atoms with E-state index in [1.54, 1.807) is 0 Å². The standard InChI is InChI=1S/C17H19NS3/c1-11-10-14(13(3)21-11)12(2)18-17(15-6-4-8-19-15)16-7-5-9-20-16/h4-10,12,17-18H,1-3H3. The molecule has 0 aliphatic heterocycles. The maximum absolute atomic E-state index is 3.82. The first kappa shape index (κ1) is 15.0. The molecule has 21 heavy (non-hydrogen) atoms. The van der Waals surface area contributed by atoms with E-state index >= 15 is 0 Å². The van der Waals surface area contributed by atoms with Gasteiger partial charge in [0.1, 0.15) is 0 Å². The average molecular weight is 334 g/mol. The molecule has 0 aromatic carbocycles. The number of aryl methyl sites for hydroxylation is 2. The van der Waals surface area contributed by atoms with Gasteiger partial charge in [-0.1, -0.05) is 12.1 Å². The minimum absolute atomic E-state index is 0.291. The Balaban J connectivity index is 1.87. The Morgan fingerprint density at radius 2 is 1.62 bits per heavy atom. The van der Waals surface area contributed by atoms with Crippen LogP contribution in [0.15, 0.2) is 41.1 Å². The van der Waals surface area contributed by atoms with Gasteiger partial charge in [0.15, 0.2) is 0 Å². The summed E-state index contributed by atoms with van der Waals surface area (Å²) in [5, 5.41) is 8.13. The zero-order valence-corrected chi connectivity index (χ0v) is 14.9. The Morgan fingerprint density at radius 3 is 2.05 bits per heavy atom. The molecule has 1 nitrogen and oxygen atoms in total. The van der Waals surface area contributed by atoms with Gasteiger partial charge in [-0.15, -0.1) is 34.0 Å². The molecule has 0 aliphatic rings. The summed E-state index contributed by atoms with van der Waals surface area (Å²) in [5.41, 5.74) is 1.43. The average Bonchev–Trinajstić information content (AvgIpc) is 3.17. The summed E-state index contributed by atoms with van der Waals surface area (Å²) in [4.78, 5) is 5.58. The lowest BCUT2D eigenvalue weighted by molar-refractivity contribution is 0.526. The Morgan fingerprint density at radius 1 is 1.00 bits per heavy atom. The Bertz CT molecular complexity index is 646. The van der Waals surface area contributed by atoms with Crippen LogP contribution in [0.1, 0.15) is 44.1 Å². The molecule has 0 bridgehead atoms. The van der Waals surface area contributed by atoms with Gasteiger partial charge in [0.25, 0.3) is 0 Å². The van der Waals surface area contributed by atoms with Gasteiger partial charge in [-0.25, -0.2) is 0 Å². The van der Waals surface area contributed by atoms with Crippen molar-refractivity contribution in [2.45, 2.75) is 32.9 Å². The molecule has 110 valence electrons. The minimum atomic E-state index is 0.291. The van der Waals surface area contributed by atoms with Crippen molar-refractivity contribution in [2.24, 2.45) is 0 Å². The van der Waals surface area contributed by atoms with E-state index < -0.39 is 0 Å². The lowest BCUT2D eigenvalue weighted by atomic mass is 10.1. The van der Waals surface area contributed by atoms with Crippen molar-refractivity contribution >= 4 is 34.0 Å². The van der Waals surface area contributed by atoms with E-state index in [0.717, 1.165) is 0 Å². The van der Waals surface area contributed by atoms with Crippen LogP contribution in [0.25, 0.3) is 0 Å². The fourth-order valence-electron chi connectivity index (χ4n) is 2.64. The first-order chi connectivity index (χ1) is 10.1. The van der Waals surface area contributed by atoms with E-state index in [1.807, 2.05) is 34.0 Å². The smallest absolute Gasteiger partial charge is 0.0769 e. The third-order valence-corrected chi connectivity index (χ3v) is 6.47. The van der Waals surface area contributed by atoms with Crippen molar-refractivity contribution in [1.29, 1.82) is 0 Å². The van der Waals surface area contributed by atoms with Crippen molar-refractivity contribution in [3.8, 4) is 0 Å². The van der Waals surface area contributed by atoms with E-state index in [4.69, 9.17) is 0 Å². The fraction of sp³-hybridized carbons (Fsp3) is 0.294. The number of nitrogens with one attached hydrogen (secondary N) is 1. The second-order valence-corrected chi connectivity index (χ2v) is 8.64. The molecule has 0 amide bonds. The van der Waals surface area contributed by atoms with Gasteiger partial charge in [-0.3, -0.25) is 5.32 Å². The van der Waals surface area contributed by atoms with E-state index in [9.17, 15) is 0 Å². The van der Waals surface area contributed by atoms with Crippen molar-refractivity contribution in [3.63, 3.8) is 0 Å². The summed E-state index contributed by atoms with van der Waals surface area (Å²) in [6.45, 7) is 6.67. The molecule has 3 rings (SSSR count). The number of hydrogen-bond donors (Lipinski definition) is 1. The van der Waals surface area contributed by atoms with Crippen molar-refractivity contribution < 1.29 is 0 Å². The lowest BCUT2D eigenvalue weighted by Gasteiger charge is -2.22. The zero-order valence-electron chi connectivity index (χ0n) is 12.4. The topological polar surface area (TPSA) is 12.0 Å². The highest BCUT2D eigenvalue weighted by atomic mass is 32.1. The van der Waals surface area contributed by atoms with Gasteiger partial charge in [0.2, 0.25) is 0 Å². The molecule has 0 fully saturated rings. The normalized spacial score (nSPS) is 13.0. The first-order valence-corrected chi connectivity index (χ1v) is 9.62. The molecule has 1 unspecified atom stereocenters. The highest BCUT2D eigenvalue weighted by Crippen LogP contribution is 2.33. The molecule has 0 aliphatic carbocycles. The monoisotopic (exact) mass is 333 g/mol. The van der Waals surface area contributed by atoms with Gasteiger partial charge in [0, 0.05) is 25.6 Å². The van der Waals surface area contributed by atoms with Gasteiger partial charge in [-0.2, -0.15) is 0 Å². The van der Waals surface area contributed by atoms with Crippen molar-refractivity contribution in [2.75, 3.05) is 0 Å². The molecule has 1 N–H and O–H groups in total. The Hall–Kier alpha value is -0.940. The molecule has 0 radical (unpaired) electrons. The van der Waals surface area contributed by atoms with E-state index in [1.165, 1.54) is 25.1 Å². The second-order valence-electron chi connectivity index (χ2n) is 5.22. The van der Waals surface area contributed by atoms with E-state index in [2.05, 4.69) is 67.2 Å². The van der Waals surface area contributed by atoms with Crippen LogP contribution in [0.2, 0.25) is 0 Å². The molecule has 4 heteroatoms. The molecule has 3 aromatic rings. The molecule has 0 spiro atoms. The number of hydrogen-bond acceptors (Lipinski definition) is 4. The first-order valence-electron chi connectivity index (χ1n) is 7.05. The summed E-state index contributed by atoms with van der Waals surface area (Å²) in [6, 6.07) is 11.7. The molecule has 1 atom stereocenters. The SMILES string of the molecule is Cc1cc(C(C)NC(c2cccs2)c2cccs2)c(C)s1. The maximum Gasteiger partial charge on any atom is 0.0769 e. The van der Waals surface area contributed by atoms with Crippen LogP contribution in [0, 0.1) is 13.8 Å². The predicted molar refractivity (Wildman–Crippen MR) is 95.8 cm³/mol. The number of rotatable bonds is 5. The van der Waals surface area contributed by atoms with Crippen LogP contribution in [-0.2, 0) is 0 Å². The quantitative estimate of drug-likeness (QED) is 0.610. The summed E-state index contributed by atoms with van der Waals surface area (Å²) in [5.74, 6) is 0. The number of thiophene rings is 3. The van der Waals surface area contributed by atoms with Gasteiger partial charge in [-0.05, 0) is 55.3 Å². The predicted octanol–water partition coefficient (Wildman–Crippen LogP) is 5.93. The van der Waals surface area contributed by atoms with Crippen LogP contribution >= 0.6 is 34.0 Å². The molecule has 0 saturated carbocycles. The van der Waals surface area contributed by atoms with Crippen LogP contribution in [-0.4, -0.2) is 0 Å². The summed E-state index contributed by atoms with van der Waals surface area (Å²) in [7, 11) is 0. The van der Waals surface area contributed by atoms with E-state index in [0.29, 0.717) is 12.1 Å². The second kappa shape index (κ2) is 6.44. The fourth-order valence-corrected chi connectivity index (χ4v) is 5.34. The van der Waals surface area contributed by atoms with Crippen molar-refractivity contribution in [1.82, 2.24) is 5.32 Å². The summed E-state index contributed by atoms with van der Waals surface area (Å²) < 4.78 is 0. The largest absolute Gasteiger partial charge is 0.298 e. The molecule has 0 saturated heterocycles. The molecule has 3 heterocycles. The van der Waals surface area contributed by atoms with Gasteiger partial charge < -0.3 is 0 Å². The molecule has 3 aromatic heterocycles. The van der Waals surface area contributed by atoms with E-state index in [-0.39, 0.29) is 0 Å². The van der Waals surface area contributed by atoms with Crippen molar-refractivity contribution in [3.05, 3.63) is 66.2 Å². The highest BCUT2D eigenvalue weighted by Gasteiger charge is 2.20. The lowest BCUT2D eigenvalue weighted by Crippen LogP contribution is -2.24. The third kappa shape index (κ3) is 3.29.